The Hall–Kier alpha value is -1.94. The van der Waals surface area contributed by atoms with Crippen molar-refractivity contribution >= 4 is 39.5 Å². The number of hydrogen-bond donors (Lipinski definition) is 3. The number of carbonyl (C=O) groups excluding carboxylic acids is 4. The minimum absolute atomic E-state index is 0.106. The largest absolute Gasteiger partial charge is 0.472 e. The Kier molecular flexibility index (Phi) is 71.2. The number of ether oxygens (including phenoxy) is 4. The van der Waals surface area contributed by atoms with Gasteiger partial charge in [0.25, 0.3) is 0 Å². The SMILES string of the molecule is CCCCCCCCCCCCCCCCCCCCCCCCC(=O)O[C@H](COC(=O)CCCCCCCCCCCCCCC(C)C)COP(=O)(O)OC[C@@H](O)COP(=O)(O)OC[C@@H](COC(=O)CCCCCCCCCCCCC)OC(=O)CCCCCCCCCCCC(C)C. The van der Waals surface area contributed by atoms with Gasteiger partial charge < -0.3 is 33.8 Å². The van der Waals surface area contributed by atoms with E-state index in [1.807, 2.05) is 0 Å². The lowest BCUT2D eigenvalue weighted by Gasteiger charge is -2.21. The summed E-state index contributed by atoms with van der Waals surface area (Å²) in [5, 5.41) is 10.6. The molecule has 2 unspecified atom stereocenters. The number of unbranched alkanes of at least 4 members (excludes halogenated alkanes) is 50. The fraction of sp³-hybridized carbons (Fsp3) is 0.951. The molecular weight excluding hydrogens is 1310 g/mol. The zero-order valence-corrected chi connectivity index (χ0v) is 67.3. The molecule has 0 aromatic heterocycles. The smallest absolute Gasteiger partial charge is 0.462 e. The first-order valence-corrected chi connectivity index (χ1v) is 45.0. The van der Waals surface area contributed by atoms with Crippen LogP contribution >= 0.6 is 15.6 Å². The lowest BCUT2D eigenvalue weighted by Crippen LogP contribution is -2.30. The van der Waals surface area contributed by atoms with E-state index in [9.17, 15) is 43.2 Å². The van der Waals surface area contributed by atoms with Crippen LogP contribution in [0.5, 0.6) is 0 Å². The molecule has 5 atom stereocenters. The molecule has 0 radical (unpaired) electrons. The molecule has 594 valence electrons. The lowest BCUT2D eigenvalue weighted by molar-refractivity contribution is -0.161. The molecule has 0 saturated carbocycles. The van der Waals surface area contributed by atoms with Gasteiger partial charge in [-0.25, -0.2) is 9.13 Å². The van der Waals surface area contributed by atoms with E-state index in [0.29, 0.717) is 25.7 Å². The third kappa shape index (κ3) is 74.3. The third-order valence-electron chi connectivity index (χ3n) is 19.0. The maximum atomic E-state index is 13.1. The standard InChI is InChI=1S/C81H158O17P2/c1-7-9-11-13-15-17-19-20-21-22-23-24-25-26-27-28-29-35-41-47-53-59-65-80(85)97-76(69-92-79(84)64-58-52-46-40-34-31-30-33-37-43-49-55-61-73(3)4)71-95-99(87,88)93-67-75(82)68-94-100(89,90)96-72-77(70-91-78(83)63-57-51-45-39-32-18-16-14-12-10-8-2)98-81(86)66-60-54-48-42-36-38-44-50-56-62-74(5)6/h73-77,82H,7-72H2,1-6H3,(H,87,88)(H,89,90)/t75-,76-,77-/m1/s1. The Morgan fingerprint density at radius 3 is 0.680 bits per heavy atom. The maximum Gasteiger partial charge on any atom is 0.472 e. The van der Waals surface area contributed by atoms with Gasteiger partial charge in [0, 0.05) is 25.7 Å². The van der Waals surface area contributed by atoms with Crippen LogP contribution in [0, 0.1) is 11.8 Å². The Bertz CT molecular complexity index is 1920. The second-order valence-corrected chi connectivity index (χ2v) is 33.0. The zero-order chi connectivity index (χ0) is 73.5. The highest BCUT2D eigenvalue weighted by atomic mass is 31.2. The van der Waals surface area contributed by atoms with Crippen LogP contribution in [0.1, 0.15) is 427 Å². The number of phosphoric acid groups is 2. The highest BCUT2D eigenvalue weighted by Crippen LogP contribution is 2.45. The van der Waals surface area contributed by atoms with Crippen LogP contribution in [-0.2, 0) is 65.4 Å². The Balaban J connectivity index is 5.21. The molecule has 0 fully saturated rings. The summed E-state index contributed by atoms with van der Waals surface area (Å²) in [5.41, 5.74) is 0. The topological polar surface area (TPSA) is 237 Å². The molecular formula is C81H158O17P2. The second kappa shape index (κ2) is 72.6. The van der Waals surface area contributed by atoms with Crippen LogP contribution < -0.4 is 0 Å². The molecule has 0 aliphatic carbocycles. The summed E-state index contributed by atoms with van der Waals surface area (Å²) >= 11 is 0. The average Bonchev–Trinajstić information content (AvgIpc) is 0.989. The number of aliphatic hydroxyl groups is 1. The molecule has 17 nitrogen and oxygen atoms in total. The molecule has 0 heterocycles. The van der Waals surface area contributed by atoms with Crippen molar-refractivity contribution in [2.24, 2.45) is 11.8 Å². The van der Waals surface area contributed by atoms with Crippen molar-refractivity contribution in [2.75, 3.05) is 39.6 Å². The summed E-state index contributed by atoms with van der Waals surface area (Å²) in [4.78, 5) is 73.0. The first-order chi connectivity index (χ1) is 48.4. The first kappa shape index (κ1) is 98.1. The summed E-state index contributed by atoms with van der Waals surface area (Å²) in [5.74, 6) is -0.592. The summed E-state index contributed by atoms with van der Waals surface area (Å²) in [6, 6.07) is 0. The van der Waals surface area contributed by atoms with Crippen LogP contribution in [0.25, 0.3) is 0 Å². The van der Waals surface area contributed by atoms with Gasteiger partial charge in [-0.05, 0) is 37.5 Å². The van der Waals surface area contributed by atoms with E-state index >= 15 is 0 Å². The molecule has 100 heavy (non-hydrogen) atoms. The first-order valence-electron chi connectivity index (χ1n) is 42.0. The molecule has 19 heteroatoms. The van der Waals surface area contributed by atoms with Gasteiger partial charge in [-0.2, -0.15) is 0 Å². The summed E-state index contributed by atoms with van der Waals surface area (Å²) in [7, 11) is -9.92. The Labute approximate surface area is 613 Å². The van der Waals surface area contributed by atoms with E-state index in [2.05, 4.69) is 41.5 Å². The molecule has 0 aromatic carbocycles. The fourth-order valence-corrected chi connectivity index (χ4v) is 14.1. The van der Waals surface area contributed by atoms with Gasteiger partial charge in [-0.15, -0.1) is 0 Å². The number of carbonyl (C=O) groups is 4. The highest BCUT2D eigenvalue weighted by Gasteiger charge is 2.30. The van der Waals surface area contributed by atoms with Gasteiger partial charge in [-0.1, -0.05) is 375 Å². The molecule has 0 rings (SSSR count). The lowest BCUT2D eigenvalue weighted by atomic mass is 10.0. The number of phosphoric ester groups is 2. The fourth-order valence-electron chi connectivity index (χ4n) is 12.5. The zero-order valence-electron chi connectivity index (χ0n) is 65.5. The minimum atomic E-state index is -4.96. The van der Waals surface area contributed by atoms with Gasteiger partial charge in [0.2, 0.25) is 0 Å². The number of rotatable bonds is 80. The number of esters is 4. The summed E-state index contributed by atoms with van der Waals surface area (Å²) in [6.07, 6.45) is 62.5. The molecule has 0 bridgehead atoms. The molecule has 0 aliphatic heterocycles. The maximum absolute atomic E-state index is 13.1. The van der Waals surface area contributed by atoms with Gasteiger partial charge in [-0.3, -0.25) is 37.3 Å². The second-order valence-electron chi connectivity index (χ2n) is 30.1. The predicted octanol–water partition coefficient (Wildman–Crippen LogP) is 24.3. The monoisotopic (exact) mass is 1470 g/mol. The molecule has 3 N–H and O–H groups in total. The summed E-state index contributed by atoms with van der Waals surface area (Å²) < 4.78 is 68.7. The van der Waals surface area contributed by atoms with Crippen LogP contribution in [0.15, 0.2) is 0 Å². The summed E-state index contributed by atoms with van der Waals surface area (Å²) in [6.45, 7) is 9.61. The Morgan fingerprint density at radius 1 is 0.270 bits per heavy atom. The quantitative estimate of drug-likeness (QED) is 0.0222. The normalized spacial score (nSPS) is 13.9. The average molecular weight is 1470 g/mol. The minimum Gasteiger partial charge on any atom is -0.462 e. The van der Waals surface area contributed by atoms with E-state index < -0.39 is 97.5 Å². The number of aliphatic hydroxyl groups excluding tert-OH is 1. The highest BCUT2D eigenvalue weighted by molar-refractivity contribution is 7.47. The van der Waals surface area contributed by atoms with E-state index in [1.54, 1.807) is 0 Å². The predicted molar refractivity (Wildman–Crippen MR) is 409 cm³/mol. The van der Waals surface area contributed by atoms with Gasteiger partial charge in [0.05, 0.1) is 26.4 Å². The van der Waals surface area contributed by atoms with Gasteiger partial charge in [0.1, 0.15) is 19.3 Å². The molecule has 0 spiro atoms. The van der Waals surface area contributed by atoms with Gasteiger partial charge in [0.15, 0.2) is 12.2 Å². The number of hydrogen-bond acceptors (Lipinski definition) is 15. The van der Waals surface area contributed by atoms with E-state index in [-0.39, 0.29) is 25.7 Å². The van der Waals surface area contributed by atoms with Crippen molar-refractivity contribution in [1.82, 2.24) is 0 Å². The van der Waals surface area contributed by atoms with Crippen LogP contribution in [0.4, 0.5) is 0 Å². The molecule has 0 aromatic rings. The van der Waals surface area contributed by atoms with E-state index in [4.69, 9.17) is 37.0 Å². The Morgan fingerprint density at radius 2 is 0.460 bits per heavy atom. The van der Waals surface area contributed by atoms with Crippen LogP contribution in [0.2, 0.25) is 0 Å². The van der Waals surface area contributed by atoms with Crippen molar-refractivity contribution in [3.8, 4) is 0 Å². The van der Waals surface area contributed by atoms with E-state index in [1.165, 1.54) is 244 Å². The molecule has 0 aliphatic rings. The van der Waals surface area contributed by atoms with Crippen molar-refractivity contribution in [1.29, 1.82) is 0 Å². The molecule has 0 saturated heterocycles. The van der Waals surface area contributed by atoms with Crippen LogP contribution in [-0.4, -0.2) is 96.7 Å². The van der Waals surface area contributed by atoms with Crippen molar-refractivity contribution in [3.63, 3.8) is 0 Å². The van der Waals surface area contributed by atoms with E-state index in [0.717, 1.165) is 102 Å². The molecule has 0 amide bonds. The third-order valence-corrected chi connectivity index (χ3v) is 20.9. The van der Waals surface area contributed by atoms with Gasteiger partial charge >= 0.3 is 39.5 Å². The van der Waals surface area contributed by atoms with Crippen molar-refractivity contribution in [3.05, 3.63) is 0 Å². The van der Waals surface area contributed by atoms with Crippen LogP contribution in [0.3, 0.4) is 0 Å². The van der Waals surface area contributed by atoms with Crippen molar-refractivity contribution in [2.45, 2.75) is 445 Å². The van der Waals surface area contributed by atoms with Crippen molar-refractivity contribution < 1.29 is 80.2 Å².